The highest BCUT2D eigenvalue weighted by Crippen LogP contribution is 2.46. The molecule has 0 amide bonds. The monoisotopic (exact) mass is 874 g/mol. The van der Waals surface area contributed by atoms with E-state index in [2.05, 4.69) is 273 Å². The van der Waals surface area contributed by atoms with Crippen molar-refractivity contribution in [2.24, 2.45) is 0 Å². The number of aromatic nitrogens is 2. The van der Waals surface area contributed by atoms with Crippen LogP contribution in [0, 0.1) is 0 Å². The van der Waals surface area contributed by atoms with Gasteiger partial charge in [-0.15, -0.1) is 11.3 Å². The molecule has 0 radical (unpaired) electrons. The van der Waals surface area contributed by atoms with E-state index < -0.39 is 0 Å². The number of para-hydroxylation sites is 6. The van der Waals surface area contributed by atoms with Gasteiger partial charge < -0.3 is 18.9 Å². The Morgan fingerprint density at radius 3 is 1.28 bits per heavy atom. The number of benzene rings is 10. The van der Waals surface area contributed by atoms with Crippen LogP contribution < -0.4 is 9.80 Å². The zero-order valence-corrected chi connectivity index (χ0v) is 37.3. The molecule has 67 heavy (non-hydrogen) atoms. The van der Waals surface area contributed by atoms with Gasteiger partial charge in [0.2, 0.25) is 0 Å². The van der Waals surface area contributed by atoms with Gasteiger partial charge in [-0.3, -0.25) is 0 Å². The lowest BCUT2D eigenvalue weighted by Crippen LogP contribution is -2.10. The van der Waals surface area contributed by atoms with E-state index in [1.165, 1.54) is 64.8 Å². The molecule has 0 bridgehead atoms. The molecule has 0 aliphatic heterocycles. The molecule has 13 rings (SSSR count). The third kappa shape index (κ3) is 6.51. The van der Waals surface area contributed by atoms with Crippen molar-refractivity contribution in [1.29, 1.82) is 0 Å². The molecule has 316 valence electrons. The Labute approximate surface area is 392 Å². The molecule has 10 aromatic carbocycles. The highest BCUT2D eigenvalue weighted by molar-refractivity contribution is 7.17. The highest BCUT2D eigenvalue weighted by atomic mass is 32.1. The first-order valence-electron chi connectivity index (χ1n) is 22.8. The molecule has 0 aliphatic rings. The van der Waals surface area contributed by atoms with Crippen molar-refractivity contribution in [1.82, 2.24) is 9.13 Å². The minimum Gasteiger partial charge on any atom is -0.310 e. The second kappa shape index (κ2) is 16.1. The maximum Gasteiger partial charge on any atom is 0.0548 e. The Balaban J connectivity index is 0.905. The third-order valence-corrected chi connectivity index (χ3v) is 14.1. The molecule has 0 saturated heterocycles. The van der Waals surface area contributed by atoms with E-state index in [1.807, 2.05) is 0 Å². The van der Waals surface area contributed by atoms with Crippen molar-refractivity contribution in [2.45, 2.75) is 0 Å². The zero-order valence-electron chi connectivity index (χ0n) is 36.4. The van der Waals surface area contributed by atoms with Crippen LogP contribution in [-0.4, -0.2) is 9.13 Å². The SMILES string of the molecule is c1ccc(N(c2ccc(-c3ccc(N(c4ccccc4)c4ccc5c(c4)c4ccccc4n5-c4ccccc4)c4ccsc34)cc2)c2ccc3c(c2)c2ccccc2n3-c2ccccc2)cc1. The van der Waals surface area contributed by atoms with E-state index in [1.54, 1.807) is 11.3 Å². The highest BCUT2D eigenvalue weighted by Gasteiger charge is 2.22. The third-order valence-electron chi connectivity index (χ3n) is 13.2. The number of hydrogen-bond donors (Lipinski definition) is 0. The molecule has 3 heterocycles. The molecule has 4 nitrogen and oxygen atoms in total. The smallest absolute Gasteiger partial charge is 0.0548 e. The van der Waals surface area contributed by atoms with E-state index in [0.29, 0.717) is 0 Å². The van der Waals surface area contributed by atoms with E-state index in [9.17, 15) is 0 Å². The topological polar surface area (TPSA) is 16.3 Å². The molecular formula is C62H42N4S. The minimum absolute atomic E-state index is 1.10. The summed E-state index contributed by atoms with van der Waals surface area (Å²) in [5.74, 6) is 0. The average molecular weight is 875 g/mol. The first-order chi connectivity index (χ1) is 33.3. The lowest BCUT2D eigenvalue weighted by molar-refractivity contribution is 1.18. The second-order valence-electron chi connectivity index (χ2n) is 17.0. The molecule has 5 heteroatoms. The quantitative estimate of drug-likeness (QED) is 0.144. The molecule has 0 unspecified atom stereocenters. The molecule has 0 fully saturated rings. The lowest BCUT2D eigenvalue weighted by atomic mass is 10.0. The minimum atomic E-state index is 1.10. The van der Waals surface area contributed by atoms with Crippen molar-refractivity contribution < 1.29 is 0 Å². The summed E-state index contributed by atoms with van der Waals surface area (Å²) in [6, 6.07) is 90.1. The summed E-state index contributed by atoms with van der Waals surface area (Å²) >= 11 is 1.80. The van der Waals surface area contributed by atoms with Crippen molar-refractivity contribution in [2.75, 3.05) is 9.80 Å². The van der Waals surface area contributed by atoms with Gasteiger partial charge in [0.15, 0.2) is 0 Å². The average Bonchev–Trinajstić information content (AvgIpc) is 4.12. The number of rotatable bonds is 9. The summed E-state index contributed by atoms with van der Waals surface area (Å²) in [7, 11) is 0. The van der Waals surface area contributed by atoms with Crippen LogP contribution in [0.2, 0.25) is 0 Å². The normalized spacial score (nSPS) is 11.6. The summed E-state index contributed by atoms with van der Waals surface area (Å²) in [6.45, 7) is 0. The Morgan fingerprint density at radius 1 is 0.299 bits per heavy atom. The molecule has 3 aromatic heterocycles. The van der Waals surface area contributed by atoms with Crippen molar-refractivity contribution in [3.8, 4) is 22.5 Å². The van der Waals surface area contributed by atoms with Crippen LogP contribution in [0.4, 0.5) is 34.1 Å². The summed E-state index contributed by atoms with van der Waals surface area (Å²) in [4.78, 5) is 4.79. The van der Waals surface area contributed by atoms with E-state index in [-0.39, 0.29) is 0 Å². The zero-order chi connectivity index (χ0) is 44.3. The maximum absolute atomic E-state index is 2.42. The van der Waals surface area contributed by atoms with Crippen LogP contribution in [0.15, 0.2) is 254 Å². The van der Waals surface area contributed by atoms with Crippen LogP contribution in [-0.2, 0) is 0 Å². The fourth-order valence-electron chi connectivity index (χ4n) is 10.2. The Bertz CT molecular complexity index is 3910. The maximum atomic E-state index is 2.42. The molecule has 0 aliphatic carbocycles. The second-order valence-corrected chi connectivity index (χ2v) is 17.9. The van der Waals surface area contributed by atoms with Crippen LogP contribution in [0.1, 0.15) is 0 Å². The molecule has 0 atom stereocenters. The number of nitrogens with zero attached hydrogens (tertiary/aromatic N) is 4. The van der Waals surface area contributed by atoms with Gasteiger partial charge in [-0.25, -0.2) is 0 Å². The summed E-state index contributed by atoms with van der Waals surface area (Å²) < 4.78 is 6.01. The summed E-state index contributed by atoms with van der Waals surface area (Å²) in [5, 5.41) is 8.36. The van der Waals surface area contributed by atoms with E-state index in [4.69, 9.17) is 0 Å². The van der Waals surface area contributed by atoms with Gasteiger partial charge in [-0.2, -0.15) is 0 Å². The van der Waals surface area contributed by atoms with Crippen LogP contribution >= 0.6 is 11.3 Å². The Morgan fingerprint density at radius 2 is 0.731 bits per heavy atom. The Kier molecular flexibility index (Phi) is 9.32. The largest absolute Gasteiger partial charge is 0.310 e. The van der Waals surface area contributed by atoms with Crippen LogP contribution in [0.3, 0.4) is 0 Å². The Hall–Kier alpha value is -8.64. The van der Waals surface area contributed by atoms with Gasteiger partial charge in [-0.1, -0.05) is 127 Å². The first kappa shape index (κ1) is 38.8. The summed E-state index contributed by atoms with van der Waals surface area (Å²) in [6.07, 6.45) is 0. The van der Waals surface area contributed by atoms with Crippen molar-refractivity contribution in [3.05, 3.63) is 254 Å². The van der Waals surface area contributed by atoms with E-state index in [0.717, 1.165) is 45.5 Å². The number of anilines is 6. The van der Waals surface area contributed by atoms with Crippen molar-refractivity contribution in [3.63, 3.8) is 0 Å². The molecule has 0 saturated carbocycles. The predicted molar refractivity (Wildman–Crippen MR) is 285 cm³/mol. The van der Waals surface area contributed by atoms with Gasteiger partial charge in [-0.05, 0) is 138 Å². The molecule has 13 aromatic rings. The standard InChI is InChI=1S/C62H42N4S/c1-5-17-44(18-6-1)63(49-33-36-60-55(41-49)52-25-13-15-27-57(52)65(60)46-21-9-3-10-22-46)48-31-29-43(30-32-48)51-35-38-59(54-39-40-67-62(51)54)64(45-19-7-2-8-20-45)50-34-37-61-56(42-50)53-26-14-16-28-58(53)66(61)47-23-11-4-12-24-47/h1-42H. The van der Waals surface area contributed by atoms with Crippen LogP contribution in [0.25, 0.3) is 76.2 Å². The van der Waals surface area contributed by atoms with E-state index >= 15 is 0 Å². The van der Waals surface area contributed by atoms with Gasteiger partial charge in [0.1, 0.15) is 0 Å². The number of thiophene rings is 1. The first-order valence-corrected chi connectivity index (χ1v) is 23.6. The lowest BCUT2D eigenvalue weighted by Gasteiger charge is -2.27. The fourth-order valence-corrected chi connectivity index (χ4v) is 11.2. The van der Waals surface area contributed by atoms with Crippen molar-refractivity contribution >= 4 is 99.2 Å². The molecular weight excluding hydrogens is 833 g/mol. The summed E-state index contributed by atoms with van der Waals surface area (Å²) in [5.41, 5.74) is 16.2. The van der Waals surface area contributed by atoms with Crippen LogP contribution in [0.5, 0.6) is 0 Å². The van der Waals surface area contributed by atoms with Gasteiger partial charge in [0, 0.05) is 71.4 Å². The van der Waals surface area contributed by atoms with Gasteiger partial charge in [0.05, 0.1) is 27.8 Å². The fraction of sp³-hybridized carbons (Fsp3) is 0. The number of fused-ring (bicyclic) bond motifs is 7. The molecule has 0 N–H and O–H groups in total. The van der Waals surface area contributed by atoms with Gasteiger partial charge >= 0.3 is 0 Å². The predicted octanol–water partition coefficient (Wildman–Crippen LogP) is 17.7. The number of hydrogen-bond acceptors (Lipinski definition) is 3. The van der Waals surface area contributed by atoms with Gasteiger partial charge in [0.25, 0.3) is 0 Å². The molecule has 0 spiro atoms.